The van der Waals surface area contributed by atoms with Crippen LogP contribution in [-0.4, -0.2) is 20.6 Å². The van der Waals surface area contributed by atoms with Gasteiger partial charge in [-0.1, -0.05) is 36.7 Å². The van der Waals surface area contributed by atoms with Gasteiger partial charge >= 0.3 is 0 Å². The van der Waals surface area contributed by atoms with Crippen molar-refractivity contribution in [3.8, 4) is 0 Å². The molecule has 1 unspecified atom stereocenters. The molecule has 0 fully saturated rings. The van der Waals surface area contributed by atoms with Crippen LogP contribution in [0.5, 0.6) is 0 Å². The predicted octanol–water partition coefficient (Wildman–Crippen LogP) is 3.90. The topological polar surface area (TPSA) is 75.3 Å². The molecule has 0 aliphatic rings. The molecule has 2 rings (SSSR count). The molecule has 25 heavy (non-hydrogen) atoms. The second-order valence-corrected chi connectivity index (χ2v) is 8.07. The van der Waals surface area contributed by atoms with Gasteiger partial charge in [-0.3, -0.25) is 9.52 Å². The molecule has 1 amide bonds. The third-order valence-electron chi connectivity index (χ3n) is 3.78. The SMILES string of the molecule is CCC(NC(=O)c1ccc(C)c(NS(C)(=O)=O)c1)c1ccc(Cl)cc1. The second-order valence-electron chi connectivity index (χ2n) is 5.89. The molecular weight excluding hydrogens is 360 g/mol. The smallest absolute Gasteiger partial charge is 0.251 e. The van der Waals surface area contributed by atoms with Gasteiger partial charge in [0, 0.05) is 10.6 Å². The van der Waals surface area contributed by atoms with E-state index in [4.69, 9.17) is 11.6 Å². The van der Waals surface area contributed by atoms with Crippen LogP contribution in [-0.2, 0) is 10.0 Å². The van der Waals surface area contributed by atoms with Crippen molar-refractivity contribution in [2.75, 3.05) is 11.0 Å². The summed E-state index contributed by atoms with van der Waals surface area (Å²) in [5.74, 6) is -0.265. The van der Waals surface area contributed by atoms with Gasteiger partial charge in [0.25, 0.3) is 5.91 Å². The number of hydrogen-bond acceptors (Lipinski definition) is 3. The van der Waals surface area contributed by atoms with Crippen LogP contribution in [0.4, 0.5) is 5.69 Å². The minimum Gasteiger partial charge on any atom is -0.345 e. The second kappa shape index (κ2) is 7.89. The van der Waals surface area contributed by atoms with Gasteiger partial charge < -0.3 is 5.32 Å². The predicted molar refractivity (Wildman–Crippen MR) is 102 cm³/mol. The van der Waals surface area contributed by atoms with Crippen LogP contribution < -0.4 is 10.0 Å². The van der Waals surface area contributed by atoms with Crippen molar-refractivity contribution >= 4 is 33.2 Å². The highest BCUT2D eigenvalue weighted by molar-refractivity contribution is 7.92. The highest BCUT2D eigenvalue weighted by Gasteiger charge is 2.16. The van der Waals surface area contributed by atoms with E-state index in [1.54, 1.807) is 37.3 Å². The molecule has 0 heterocycles. The largest absolute Gasteiger partial charge is 0.345 e. The average molecular weight is 381 g/mol. The molecule has 0 saturated heterocycles. The van der Waals surface area contributed by atoms with E-state index in [0.717, 1.165) is 17.4 Å². The average Bonchev–Trinajstić information content (AvgIpc) is 2.54. The van der Waals surface area contributed by atoms with Crippen LogP contribution in [0.1, 0.15) is 40.9 Å². The number of carbonyl (C=O) groups is 1. The first-order valence-corrected chi connectivity index (χ1v) is 10.1. The third kappa shape index (κ3) is 5.47. The van der Waals surface area contributed by atoms with Crippen molar-refractivity contribution < 1.29 is 13.2 Å². The van der Waals surface area contributed by atoms with Crippen molar-refractivity contribution in [3.05, 3.63) is 64.2 Å². The normalized spacial score (nSPS) is 12.5. The Kier molecular flexibility index (Phi) is 6.08. The van der Waals surface area contributed by atoms with Gasteiger partial charge in [-0.15, -0.1) is 0 Å². The molecule has 0 aliphatic carbocycles. The first-order valence-electron chi connectivity index (χ1n) is 7.84. The van der Waals surface area contributed by atoms with Crippen molar-refractivity contribution in [3.63, 3.8) is 0 Å². The van der Waals surface area contributed by atoms with Gasteiger partial charge in [0.1, 0.15) is 0 Å². The van der Waals surface area contributed by atoms with Crippen LogP contribution >= 0.6 is 11.6 Å². The van der Waals surface area contributed by atoms with Gasteiger partial charge in [-0.05, 0) is 48.7 Å². The number of anilines is 1. The van der Waals surface area contributed by atoms with Crippen LogP contribution in [0.15, 0.2) is 42.5 Å². The number of halogens is 1. The molecule has 2 aromatic rings. The molecule has 7 heteroatoms. The van der Waals surface area contributed by atoms with E-state index in [-0.39, 0.29) is 11.9 Å². The zero-order valence-corrected chi connectivity index (χ0v) is 15.9. The Morgan fingerprint density at radius 3 is 2.36 bits per heavy atom. The zero-order chi connectivity index (χ0) is 18.6. The molecule has 0 aliphatic heterocycles. The number of rotatable bonds is 6. The van der Waals surface area contributed by atoms with Gasteiger partial charge in [-0.25, -0.2) is 8.42 Å². The lowest BCUT2D eigenvalue weighted by Crippen LogP contribution is -2.28. The third-order valence-corrected chi connectivity index (χ3v) is 4.62. The van der Waals surface area contributed by atoms with E-state index in [1.807, 2.05) is 19.1 Å². The summed E-state index contributed by atoms with van der Waals surface area (Å²) in [5, 5.41) is 3.61. The first kappa shape index (κ1) is 19.3. The minimum absolute atomic E-state index is 0.155. The van der Waals surface area contributed by atoms with Gasteiger partial charge in [-0.2, -0.15) is 0 Å². The number of aryl methyl sites for hydroxylation is 1. The fraction of sp³-hybridized carbons (Fsp3) is 0.278. The lowest BCUT2D eigenvalue weighted by Gasteiger charge is -2.18. The molecule has 0 radical (unpaired) electrons. The molecule has 1 atom stereocenters. The van der Waals surface area contributed by atoms with E-state index in [9.17, 15) is 13.2 Å². The number of amides is 1. The molecule has 2 N–H and O–H groups in total. The summed E-state index contributed by atoms with van der Waals surface area (Å²) in [6, 6.07) is 12.1. The summed E-state index contributed by atoms with van der Waals surface area (Å²) in [6.07, 6.45) is 1.79. The van der Waals surface area contributed by atoms with Crippen LogP contribution in [0, 0.1) is 6.92 Å². The van der Waals surface area contributed by atoms with E-state index in [1.165, 1.54) is 0 Å². The van der Waals surface area contributed by atoms with E-state index < -0.39 is 10.0 Å². The standard InChI is InChI=1S/C18H21ClN2O3S/c1-4-16(13-7-9-15(19)10-8-13)20-18(22)14-6-5-12(2)17(11-14)21-25(3,23)24/h5-11,16,21H,4H2,1-3H3,(H,20,22). The maximum absolute atomic E-state index is 12.6. The molecule has 134 valence electrons. The Morgan fingerprint density at radius 1 is 1.16 bits per heavy atom. The van der Waals surface area contributed by atoms with E-state index in [0.29, 0.717) is 22.7 Å². The van der Waals surface area contributed by atoms with Gasteiger partial charge in [0.15, 0.2) is 0 Å². The summed E-state index contributed by atoms with van der Waals surface area (Å²) in [5.41, 5.74) is 2.49. The van der Waals surface area contributed by atoms with Crippen molar-refractivity contribution in [2.24, 2.45) is 0 Å². The monoisotopic (exact) mass is 380 g/mol. The maximum atomic E-state index is 12.6. The summed E-state index contributed by atoms with van der Waals surface area (Å²) in [4.78, 5) is 12.6. The lowest BCUT2D eigenvalue weighted by molar-refractivity contribution is 0.0935. The van der Waals surface area contributed by atoms with E-state index >= 15 is 0 Å². The zero-order valence-electron chi connectivity index (χ0n) is 14.3. The molecular formula is C18H21ClN2O3S. The van der Waals surface area contributed by atoms with Gasteiger partial charge in [0.05, 0.1) is 18.0 Å². The number of nitrogens with one attached hydrogen (secondary N) is 2. The molecule has 0 aromatic heterocycles. The molecule has 0 spiro atoms. The molecule has 2 aromatic carbocycles. The Hall–Kier alpha value is -2.05. The van der Waals surface area contributed by atoms with Gasteiger partial charge in [0.2, 0.25) is 10.0 Å². The van der Waals surface area contributed by atoms with Crippen LogP contribution in [0.2, 0.25) is 5.02 Å². The number of hydrogen-bond donors (Lipinski definition) is 2. The summed E-state index contributed by atoms with van der Waals surface area (Å²) >= 11 is 5.90. The summed E-state index contributed by atoms with van der Waals surface area (Å²) in [6.45, 7) is 3.75. The summed E-state index contributed by atoms with van der Waals surface area (Å²) in [7, 11) is -3.41. The van der Waals surface area contributed by atoms with Crippen molar-refractivity contribution in [1.29, 1.82) is 0 Å². The number of benzene rings is 2. The molecule has 5 nitrogen and oxygen atoms in total. The summed E-state index contributed by atoms with van der Waals surface area (Å²) < 4.78 is 25.3. The van der Waals surface area contributed by atoms with E-state index in [2.05, 4.69) is 10.0 Å². The Bertz CT molecular complexity index is 864. The Morgan fingerprint density at radius 2 is 1.80 bits per heavy atom. The first-order chi connectivity index (χ1) is 11.7. The minimum atomic E-state index is -3.41. The maximum Gasteiger partial charge on any atom is 0.251 e. The number of carbonyl (C=O) groups excluding carboxylic acids is 1. The fourth-order valence-corrected chi connectivity index (χ4v) is 3.18. The van der Waals surface area contributed by atoms with Crippen LogP contribution in [0.3, 0.4) is 0 Å². The highest BCUT2D eigenvalue weighted by atomic mass is 35.5. The molecule has 0 saturated carbocycles. The van der Waals surface area contributed by atoms with Crippen LogP contribution in [0.25, 0.3) is 0 Å². The van der Waals surface area contributed by atoms with Crippen molar-refractivity contribution in [1.82, 2.24) is 5.32 Å². The highest BCUT2D eigenvalue weighted by Crippen LogP contribution is 2.22. The molecule has 0 bridgehead atoms. The Balaban J connectivity index is 2.22. The lowest BCUT2D eigenvalue weighted by atomic mass is 10.0. The quantitative estimate of drug-likeness (QED) is 0.797. The Labute approximate surface area is 153 Å². The number of sulfonamides is 1. The fourth-order valence-electron chi connectivity index (χ4n) is 2.43. The van der Waals surface area contributed by atoms with Crippen molar-refractivity contribution in [2.45, 2.75) is 26.3 Å².